The second-order valence-corrected chi connectivity index (χ2v) is 8.22. The molecular formula is C20H19ClF4N2O2S. The lowest BCUT2D eigenvalue weighted by molar-refractivity contribution is -0.105. The Morgan fingerprint density at radius 2 is 1.77 bits per heavy atom. The van der Waals surface area contributed by atoms with Gasteiger partial charge in [0.25, 0.3) is 0 Å². The topological polar surface area (TPSA) is 32.8 Å². The van der Waals surface area contributed by atoms with Crippen molar-refractivity contribution in [1.82, 2.24) is 4.90 Å². The zero-order chi connectivity index (χ0) is 21.9. The summed E-state index contributed by atoms with van der Waals surface area (Å²) < 4.78 is 57.4. The van der Waals surface area contributed by atoms with E-state index in [9.17, 15) is 22.4 Å². The first-order valence-corrected chi connectivity index (χ1v) is 10.5. The van der Waals surface area contributed by atoms with E-state index in [1.165, 1.54) is 17.0 Å². The summed E-state index contributed by atoms with van der Waals surface area (Å²) in [7, 11) is 0. The third-order valence-electron chi connectivity index (χ3n) is 4.53. The average molecular weight is 463 g/mol. The van der Waals surface area contributed by atoms with E-state index < -0.39 is 23.8 Å². The van der Waals surface area contributed by atoms with E-state index in [-0.39, 0.29) is 5.69 Å². The number of thioether (sulfide) groups is 1. The van der Waals surface area contributed by atoms with E-state index in [1.54, 1.807) is 36.1 Å². The summed E-state index contributed by atoms with van der Waals surface area (Å²) >= 11 is 6.44. The highest BCUT2D eigenvalue weighted by Crippen LogP contribution is 2.34. The van der Waals surface area contributed by atoms with E-state index >= 15 is 0 Å². The predicted octanol–water partition coefficient (Wildman–Crippen LogP) is 5.76. The molecule has 4 nitrogen and oxygen atoms in total. The van der Waals surface area contributed by atoms with Gasteiger partial charge in [-0.2, -0.15) is 13.2 Å². The summed E-state index contributed by atoms with van der Waals surface area (Å²) in [5.41, 5.74) is 0.687. The minimum absolute atomic E-state index is 0.232. The van der Waals surface area contributed by atoms with Gasteiger partial charge in [-0.25, -0.2) is 9.18 Å². The van der Waals surface area contributed by atoms with Gasteiger partial charge >= 0.3 is 12.3 Å². The van der Waals surface area contributed by atoms with Crippen molar-refractivity contribution in [1.29, 1.82) is 0 Å². The molecule has 0 radical (unpaired) electrons. The summed E-state index contributed by atoms with van der Waals surface area (Å²) in [6.45, 7) is 2.84. The van der Waals surface area contributed by atoms with Crippen LogP contribution in [0.25, 0.3) is 0 Å². The first kappa shape index (κ1) is 22.6. The SMILES string of the molecule is Cc1cc(F)c(N2CCN(C(=O)Oc3ccc(Cl)cc3)CC2)cc1SCC(F)(F)F. The van der Waals surface area contributed by atoms with Crippen molar-refractivity contribution in [3.05, 3.63) is 52.8 Å². The largest absolute Gasteiger partial charge is 0.415 e. The molecule has 2 aromatic carbocycles. The van der Waals surface area contributed by atoms with Crippen molar-refractivity contribution in [3.63, 3.8) is 0 Å². The van der Waals surface area contributed by atoms with Crippen molar-refractivity contribution < 1.29 is 27.1 Å². The number of nitrogens with zero attached hydrogens (tertiary/aromatic N) is 2. The molecule has 0 bridgehead atoms. The molecule has 0 N–H and O–H groups in total. The molecule has 1 heterocycles. The highest BCUT2D eigenvalue weighted by atomic mass is 35.5. The molecule has 0 saturated carbocycles. The van der Waals surface area contributed by atoms with Crippen molar-refractivity contribution in [3.8, 4) is 5.75 Å². The maximum absolute atomic E-state index is 14.5. The second kappa shape index (κ2) is 9.34. The van der Waals surface area contributed by atoms with E-state index in [2.05, 4.69) is 0 Å². The third-order valence-corrected chi connectivity index (χ3v) is 6.01. The van der Waals surface area contributed by atoms with Gasteiger partial charge in [0.05, 0.1) is 11.4 Å². The number of piperazine rings is 1. The molecular weight excluding hydrogens is 444 g/mol. The molecule has 0 spiro atoms. The lowest BCUT2D eigenvalue weighted by atomic mass is 10.2. The Morgan fingerprint density at radius 3 is 2.37 bits per heavy atom. The van der Waals surface area contributed by atoms with E-state index in [0.29, 0.717) is 59.2 Å². The molecule has 3 rings (SSSR count). The van der Waals surface area contributed by atoms with Crippen LogP contribution in [0.2, 0.25) is 5.02 Å². The zero-order valence-corrected chi connectivity index (χ0v) is 17.6. The summed E-state index contributed by atoms with van der Waals surface area (Å²) in [4.78, 5) is 15.9. The molecule has 1 saturated heterocycles. The lowest BCUT2D eigenvalue weighted by Gasteiger charge is -2.35. The molecule has 1 aliphatic heterocycles. The van der Waals surface area contributed by atoms with Crippen molar-refractivity contribution in [2.75, 3.05) is 36.8 Å². The quantitative estimate of drug-likeness (QED) is 0.427. The number of anilines is 1. The smallest absolute Gasteiger partial charge is 0.410 e. The molecule has 1 amide bonds. The molecule has 2 aromatic rings. The summed E-state index contributed by atoms with van der Waals surface area (Å²) in [5.74, 6) is -1.17. The number of carbonyl (C=O) groups excluding carboxylic acids is 1. The number of aryl methyl sites for hydroxylation is 1. The van der Waals surface area contributed by atoms with Crippen LogP contribution < -0.4 is 9.64 Å². The molecule has 30 heavy (non-hydrogen) atoms. The van der Waals surface area contributed by atoms with Gasteiger partial charge in [0.1, 0.15) is 11.6 Å². The van der Waals surface area contributed by atoms with E-state index in [1.807, 2.05) is 0 Å². The highest BCUT2D eigenvalue weighted by molar-refractivity contribution is 7.99. The fraction of sp³-hybridized carbons (Fsp3) is 0.350. The van der Waals surface area contributed by atoms with Crippen LogP contribution >= 0.6 is 23.4 Å². The molecule has 0 aromatic heterocycles. The fourth-order valence-electron chi connectivity index (χ4n) is 3.00. The van der Waals surface area contributed by atoms with Crippen LogP contribution in [-0.4, -0.2) is 49.1 Å². The van der Waals surface area contributed by atoms with Crippen molar-refractivity contribution >= 4 is 35.1 Å². The Balaban J connectivity index is 1.62. The van der Waals surface area contributed by atoms with Gasteiger partial charge in [0.15, 0.2) is 0 Å². The Labute approximate surface area is 180 Å². The molecule has 0 aliphatic carbocycles. The van der Waals surface area contributed by atoms with Gasteiger partial charge < -0.3 is 14.5 Å². The van der Waals surface area contributed by atoms with Crippen LogP contribution in [-0.2, 0) is 0 Å². The Kier molecular flexibility index (Phi) is 7.02. The first-order valence-electron chi connectivity index (χ1n) is 9.09. The summed E-state index contributed by atoms with van der Waals surface area (Å²) in [5, 5.41) is 0.524. The molecule has 1 fully saturated rings. The normalized spacial score (nSPS) is 14.7. The van der Waals surface area contributed by atoms with Crippen LogP contribution in [0.1, 0.15) is 5.56 Å². The van der Waals surface area contributed by atoms with Crippen LogP contribution in [0.3, 0.4) is 0 Å². The summed E-state index contributed by atoms with van der Waals surface area (Å²) in [6.07, 6.45) is -4.83. The summed E-state index contributed by atoms with van der Waals surface area (Å²) in [6, 6.07) is 9.07. The third kappa shape index (κ3) is 5.95. The Hall–Kier alpha value is -2.13. The van der Waals surface area contributed by atoms with Gasteiger partial charge in [-0.05, 0) is 48.9 Å². The lowest BCUT2D eigenvalue weighted by Crippen LogP contribution is -2.49. The number of alkyl halides is 3. The van der Waals surface area contributed by atoms with Crippen LogP contribution in [0.15, 0.2) is 41.3 Å². The van der Waals surface area contributed by atoms with Crippen LogP contribution in [0, 0.1) is 12.7 Å². The second-order valence-electron chi connectivity index (χ2n) is 6.77. The minimum Gasteiger partial charge on any atom is -0.410 e. The number of benzene rings is 2. The van der Waals surface area contributed by atoms with Gasteiger partial charge in [-0.15, -0.1) is 11.8 Å². The Morgan fingerprint density at radius 1 is 1.13 bits per heavy atom. The average Bonchev–Trinajstić information content (AvgIpc) is 2.68. The number of rotatable bonds is 4. The van der Waals surface area contributed by atoms with Crippen molar-refractivity contribution in [2.24, 2.45) is 0 Å². The minimum atomic E-state index is -4.30. The van der Waals surface area contributed by atoms with Crippen molar-refractivity contribution in [2.45, 2.75) is 18.0 Å². The van der Waals surface area contributed by atoms with E-state index in [0.717, 1.165) is 0 Å². The molecule has 0 unspecified atom stereocenters. The van der Waals surface area contributed by atoms with Gasteiger partial charge in [0, 0.05) is 36.1 Å². The predicted molar refractivity (Wildman–Crippen MR) is 109 cm³/mol. The van der Waals surface area contributed by atoms with Crippen LogP contribution in [0.4, 0.5) is 28.0 Å². The number of amides is 1. The fourth-order valence-corrected chi connectivity index (χ4v) is 3.92. The molecule has 1 aliphatic rings. The zero-order valence-electron chi connectivity index (χ0n) is 16.0. The first-order chi connectivity index (χ1) is 14.1. The molecule has 10 heteroatoms. The number of hydrogen-bond acceptors (Lipinski definition) is 4. The highest BCUT2D eigenvalue weighted by Gasteiger charge is 2.29. The van der Waals surface area contributed by atoms with Gasteiger partial charge in [-0.3, -0.25) is 0 Å². The standard InChI is InChI=1S/C20H19ClF4N2O2S/c1-13-10-16(22)17(11-18(13)30-12-20(23,24)25)26-6-8-27(9-7-26)19(28)29-15-4-2-14(21)3-5-15/h2-5,10-11H,6-9,12H2,1H3. The maximum Gasteiger partial charge on any atom is 0.415 e. The monoisotopic (exact) mass is 462 g/mol. The number of ether oxygens (including phenoxy) is 1. The Bertz CT molecular complexity index is 901. The van der Waals surface area contributed by atoms with E-state index in [4.69, 9.17) is 16.3 Å². The maximum atomic E-state index is 14.5. The number of hydrogen-bond donors (Lipinski definition) is 0. The van der Waals surface area contributed by atoms with Gasteiger partial charge in [-0.1, -0.05) is 11.6 Å². The molecule has 0 atom stereocenters. The van der Waals surface area contributed by atoms with Crippen LogP contribution in [0.5, 0.6) is 5.75 Å². The van der Waals surface area contributed by atoms with Gasteiger partial charge in [0.2, 0.25) is 0 Å². The molecule has 162 valence electrons. The number of carbonyl (C=O) groups is 1. The number of halogens is 5.